The summed E-state index contributed by atoms with van der Waals surface area (Å²) in [5.41, 5.74) is -0.259. The maximum atomic E-state index is 13.0. The number of hydrogen-bond acceptors (Lipinski definition) is 3. The maximum absolute atomic E-state index is 13.0. The fourth-order valence-corrected chi connectivity index (χ4v) is 5.40. The number of fused-ring (bicyclic) bond motifs is 2. The van der Waals surface area contributed by atoms with Gasteiger partial charge in [-0.05, 0) is 49.4 Å². The SMILES string of the molecule is CN(C)/C=C(\C(=O)NC1C2CCCC3CC1CC3C2)C(=O)C(C)(C)C. The van der Waals surface area contributed by atoms with Crippen LogP contribution in [0.5, 0.6) is 0 Å². The Bertz CT molecular complexity index is 573. The van der Waals surface area contributed by atoms with Gasteiger partial charge in [-0.25, -0.2) is 0 Å². The molecule has 3 rings (SSSR count). The molecule has 0 aromatic rings. The summed E-state index contributed by atoms with van der Waals surface area (Å²) in [6.45, 7) is 5.63. The summed E-state index contributed by atoms with van der Waals surface area (Å²) in [7, 11) is 3.72. The number of hydrogen-bond donors (Lipinski definition) is 1. The van der Waals surface area contributed by atoms with Gasteiger partial charge < -0.3 is 10.2 Å². The van der Waals surface area contributed by atoms with E-state index >= 15 is 0 Å². The predicted octanol–water partition coefficient (Wildman–Crippen LogP) is 3.38. The summed E-state index contributed by atoms with van der Waals surface area (Å²) in [4.78, 5) is 27.6. The first-order chi connectivity index (χ1) is 11.7. The monoisotopic (exact) mass is 346 g/mol. The van der Waals surface area contributed by atoms with E-state index in [0.717, 1.165) is 11.8 Å². The van der Waals surface area contributed by atoms with E-state index in [-0.39, 0.29) is 17.7 Å². The van der Waals surface area contributed by atoms with Gasteiger partial charge >= 0.3 is 0 Å². The molecule has 4 nitrogen and oxygen atoms in total. The highest BCUT2D eigenvalue weighted by atomic mass is 16.2. The lowest BCUT2D eigenvalue weighted by Gasteiger charge is -2.37. The number of Topliss-reactive ketones (excluding diaryl/α,β-unsaturated/α-hetero) is 1. The van der Waals surface area contributed by atoms with Crippen molar-refractivity contribution in [3.8, 4) is 0 Å². The van der Waals surface area contributed by atoms with Gasteiger partial charge in [0.1, 0.15) is 0 Å². The smallest absolute Gasteiger partial charge is 0.256 e. The Hall–Kier alpha value is -1.32. The summed E-state index contributed by atoms with van der Waals surface area (Å²) in [5, 5.41) is 3.31. The van der Waals surface area contributed by atoms with Crippen LogP contribution in [0, 0.1) is 29.1 Å². The molecule has 0 aromatic carbocycles. The van der Waals surface area contributed by atoms with E-state index in [4.69, 9.17) is 0 Å². The van der Waals surface area contributed by atoms with Crippen molar-refractivity contribution in [1.29, 1.82) is 0 Å². The fraction of sp³-hybridized carbons (Fsp3) is 0.810. The predicted molar refractivity (Wildman–Crippen MR) is 99.8 cm³/mol. The number of rotatable bonds is 4. The number of amides is 1. The van der Waals surface area contributed by atoms with E-state index in [9.17, 15) is 9.59 Å². The lowest BCUT2D eigenvalue weighted by atomic mass is 9.75. The molecule has 1 N–H and O–H groups in total. The molecule has 0 aromatic heterocycles. The van der Waals surface area contributed by atoms with Crippen molar-refractivity contribution in [2.24, 2.45) is 29.1 Å². The average Bonchev–Trinajstić information content (AvgIpc) is 2.75. The van der Waals surface area contributed by atoms with Crippen molar-refractivity contribution in [3.63, 3.8) is 0 Å². The molecule has 3 aliphatic rings. The topological polar surface area (TPSA) is 49.4 Å². The summed E-state index contributed by atoms with van der Waals surface area (Å²) < 4.78 is 0. The molecule has 5 atom stereocenters. The van der Waals surface area contributed by atoms with Crippen LogP contribution in [0.15, 0.2) is 11.8 Å². The van der Waals surface area contributed by atoms with Gasteiger partial charge in [-0.2, -0.15) is 0 Å². The molecule has 140 valence electrons. The largest absolute Gasteiger partial charge is 0.383 e. The van der Waals surface area contributed by atoms with E-state index in [1.807, 2.05) is 34.9 Å². The molecule has 3 saturated carbocycles. The van der Waals surface area contributed by atoms with Gasteiger partial charge in [0.2, 0.25) is 0 Å². The minimum absolute atomic E-state index is 0.0830. The van der Waals surface area contributed by atoms with Crippen LogP contribution in [0.1, 0.15) is 59.3 Å². The Balaban J connectivity index is 1.78. The van der Waals surface area contributed by atoms with E-state index in [1.54, 1.807) is 11.1 Å². The molecule has 3 fully saturated rings. The molecule has 3 bridgehead atoms. The summed E-state index contributed by atoms with van der Waals surface area (Å²) in [5.74, 6) is 2.73. The van der Waals surface area contributed by atoms with Crippen LogP contribution < -0.4 is 5.32 Å². The Labute approximate surface area is 152 Å². The molecule has 0 saturated heterocycles. The van der Waals surface area contributed by atoms with Crippen molar-refractivity contribution in [2.75, 3.05) is 14.1 Å². The van der Waals surface area contributed by atoms with E-state index in [1.165, 1.54) is 38.5 Å². The Morgan fingerprint density at radius 2 is 1.56 bits per heavy atom. The highest BCUT2D eigenvalue weighted by Crippen LogP contribution is 2.53. The molecule has 5 unspecified atom stereocenters. The van der Waals surface area contributed by atoms with Crippen LogP contribution >= 0.6 is 0 Å². The van der Waals surface area contributed by atoms with Crippen molar-refractivity contribution in [3.05, 3.63) is 11.8 Å². The van der Waals surface area contributed by atoms with Crippen molar-refractivity contribution in [1.82, 2.24) is 10.2 Å². The molecular formula is C21H34N2O2. The first kappa shape index (κ1) is 18.5. The lowest BCUT2D eigenvalue weighted by Crippen LogP contribution is -2.48. The third kappa shape index (κ3) is 3.78. The zero-order valence-electron chi connectivity index (χ0n) is 16.5. The summed E-state index contributed by atoms with van der Waals surface area (Å²) in [6.07, 6.45) is 9.41. The average molecular weight is 347 g/mol. The Morgan fingerprint density at radius 1 is 0.960 bits per heavy atom. The van der Waals surface area contributed by atoms with Crippen LogP contribution in [0.4, 0.5) is 0 Å². The van der Waals surface area contributed by atoms with Crippen molar-refractivity contribution >= 4 is 11.7 Å². The van der Waals surface area contributed by atoms with Gasteiger partial charge in [-0.3, -0.25) is 9.59 Å². The van der Waals surface area contributed by atoms with Crippen LogP contribution in [0.2, 0.25) is 0 Å². The number of nitrogens with one attached hydrogen (secondary N) is 1. The second-order valence-electron chi connectivity index (χ2n) is 9.76. The van der Waals surface area contributed by atoms with Gasteiger partial charge in [-0.1, -0.05) is 33.6 Å². The zero-order valence-corrected chi connectivity index (χ0v) is 16.5. The van der Waals surface area contributed by atoms with Gasteiger partial charge in [0, 0.05) is 31.8 Å². The summed E-state index contributed by atoms with van der Waals surface area (Å²) in [6, 6.07) is 0.257. The molecular weight excluding hydrogens is 312 g/mol. The molecule has 0 heterocycles. The van der Waals surface area contributed by atoms with Gasteiger partial charge in [-0.15, -0.1) is 0 Å². The molecule has 3 aliphatic carbocycles. The van der Waals surface area contributed by atoms with Crippen LogP contribution in [-0.4, -0.2) is 36.7 Å². The summed E-state index contributed by atoms with van der Waals surface area (Å²) >= 11 is 0. The maximum Gasteiger partial charge on any atom is 0.256 e. The van der Waals surface area contributed by atoms with Crippen molar-refractivity contribution < 1.29 is 9.59 Å². The van der Waals surface area contributed by atoms with Crippen molar-refractivity contribution in [2.45, 2.75) is 65.3 Å². The Kier molecular flexibility index (Phi) is 5.00. The van der Waals surface area contributed by atoms with Crippen LogP contribution in [0.3, 0.4) is 0 Å². The molecule has 0 aliphatic heterocycles. The highest BCUT2D eigenvalue weighted by Gasteiger charge is 2.48. The third-order valence-corrected chi connectivity index (χ3v) is 6.50. The van der Waals surface area contributed by atoms with Crippen LogP contribution in [0.25, 0.3) is 0 Å². The lowest BCUT2D eigenvalue weighted by molar-refractivity contribution is -0.127. The molecule has 0 spiro atoms. The first-order valence-corrected chi connectivity index (χ1v) is 9.90. The van der Waals surface area contributed by atoms with Crippen LogP contribution in [-0.2, 0) is 9.59 Å². The number of carbonyl (C=O) groups excluding carboxylic acids is 2. The quantitative estimate of drug-likeness (QED) is 0.482. The highest BCUT2D eigenvalue weighted by molar-refractivity contribution is 6.20. The van der Waals surface area contributed by atoms with E-state index < -0.39 is 5.41 Å². The molecule has 1 amide bonds. The normalized spacial score (nSPS) is 34.6. The van der Waals surface area contributed by atoms with E-state index in [0.29, 0.717) is 17.4 Å². The second kappa shape index (κ2) is 6.77. The van der Waals surface area contributed by atoms with E-state index in [2.05, 4.69) is 5.32 Å². The fourth-order valence-electron chi connectivity index (χ4n) is 5.40. The standard InChI is InChI=1S/C21H34N2O2/c1-21(2,3)19(24)17(12-23(4)5)20(25)22-18-14-8-6-7-13-9-16(18)11-15(13)10-14/h12-16,18H,6-11H2,1-5H3,(H,22,25)/b17-12-. The second-order valence-corrected chi connectivity index (χ2v) is 9.76. The number of carbonyl (C=O) groups is 2. The minimum Gasteiger partial charge on any atom is -0.383 e. The van der Waals surface area contributed by atoms with Gasteiger partial charge in [0.05, 0.1) is 5.57 Å². The molecule has 25 heavy (non-hydrogen) atoms. The third-order valence-electron chi connectivity index (χ3n) is 6.50. The minimum atomic E-state index is -0.555. The first-order valence-electron chi connectivity index (χ1n) is 9.90. The Morgan fingerprint density at radius 3 is 2.20 bits per heavy atom. The molecule has 4 heteroatoms. The number of ketones is 1. The van der Waals surface area contributed by atoms with Gasteiger partial charge in [0.15, 0.2) is 5.78 Å². The number of nitrogens with zero attached hydrogens (tertiary/aromatic N) is 1. The van der Waals surface area contributed by atoms with Gasteiger partial charge in [0.25, 0.3) is 5.91 Å². The zero-order chi connectivity index (χ0) is 18.4. The molecule has 0 radical (unpaired) electrons.